The van der Waals surface area contributed by atoms with Crippen LogP contribution in [-0.2, 0) is 6.54 Å². The Balaban J connectivity index is 1.65. The van der Waals surface area contributed by atoms with Gasteiger partial charge in [-0.25, -0.2) is 9.07 Å². The predicted molar refractivity (Wildman–Crippen MR) is 102 cm³/mol. The van der Waals surface area contributed by atoms with Crippen LogP contribution in [0.5, 0.6) is 0 Å². The Morgan fingerprint density at radius 1 is 1.31 bits per heavy atom. The summed E-state index contributed by atoms with van der Waals surface area (Å²) in [5.74, 6) is 0.502. The number of hydrogen-bond acceptors (Lipinski definition) is 4. The molecule has 0 spiro atoms. The van der Waals surface area contributed by atoms with Gasteiger partial charge in [-0.2, -0.15) is 10.2 Å². The van der Waals surface area contributed by atoms with Crippen LogP contribution < -0.4 is 10.7 Å². The van der Waals surface area contributed by atoms with E-state index in [1.807, 2.05) is 26.0 Å². The van der Waals surface area contributed by atoms with E-state index in [9.17, 15) is 4.39 Å². The molecule has 26 heavy (non-hydrogen) atoms. The quantitative estimate of drug-likeness (QED) is 0.409. The predicted octanol–water partition coefficient (Wildman–Crippen LogP) is 3.22. The highest BCUT2D eigenvalue weighted by atomic mass is 32.1. The van der Waals surface area contributed by atoms with Crippen molar-refractivity contribution in [1.29, 1.82) is 0 Å². The average Bonchev–Trinajstić information content (AvgIpc) is 3.24. The van der Waals surface area contributed by atoms with Crippen LogP contribution in [0.25, 0.3) is 5.69 Å². The second-order valence-electron chi connectivity index (χ2n) is 5.60. The van der Waals surface area contributed by atoms with Gasteiger partial charge < -0.3 is 9.73 Å². The van der Waals surface area contributed by atoms with Crippen LogP contribution in [0.1, 0.15) is 22.7 Å². The van der Waals surface area contributed by atoms with Gasteiger partial charge in [-0.1, -0.05) is 0 Å². The van der Waals surface area contributed by atoms with Crippen molar-refractivity contribution in [2.75, 3.05) is 0 Å². The molecule has 0 aliphatic rings. The van der Waals surface area contributed by atoms with Crippen molar-refractivity contribution >= 4 is 23.5 Å². The molecule has 0 atom stereocenters. The zero-order valence-electron chi connectivity index (χ0n) is 14.4. The Kier molecular flexibility index (Phi) is 5.43. The van der Waals surface area contributed by atoms with E-state index in [0.29, 0.717) is 11.7 Å². The fourth-order valence-electron chi connectivity index (χ4n) is 2.45. The summed E-state index contributed by atoms with van der Waals surface area (Å²) in [6, 6.07) is 9.85. The highest BCUT2D eigenvalue weighted by molar-refractivity contribution is 7.80. The van der Waals surface area contributed by atoms with Gasteiger partial charge in [0.15, 0.2) is 5.11 Å². The largest absolute Gasteiger partial charge is 0.467 e. The number of furan rings is 1. The first-order valence-electron chi connectivity index (χ1n) is 7.96. The summed E-state index contributed by atoms with van der Waals surface area (Å²) in [5, 5.41) is 12.0. The van der Waals surface area contributed by atoms with Gasteiger partial charge in [-0.15, -0.1) is 0 Å². The summed E-state index contributed by atoms with van der Waals surface area (Å²) in [6.07, 6.45) is 3.27. The summed E-state index contributed by atoms with van der Waals surface area (Å²) in [7, 11) is 0. The molecule has 3 aromatic rings. The summed E-state index contributed by atoms with van der Waals surface area (Å²) in [5.41, 5.74) is 6.13. The third kappa shape index (κ3) is 4.15. The van der Waals surface area contributed by atoms with Gasteiger partial charge in [0.2, 0.25) is 0 Å². The topological polar surface area (TPSA) is 67.4 Å². The minimum Gasteiger partial charge on any atom is -0.467 e. The third-order valence-electron chi connectivity index (χ3n) is 3.78. The van der Waals surface area contributed by atoms with Crippen LogP contribution in [0.2, 0.25) is 0 Å². The van der Waals surface area contributed by atoms with Crippen LogP contribution in [0.3, 0.4) is 0 Å². The first kappa shape index (κ1) is 17.8. The normalized spacial score (nSPS) is 11.0. The van der Waals surface area contributed by atoms with Gasteiger partial charge in [-0.3, -0.25) is 5.43 Å². The number of hydrazone groups is 1. The third-order valence-corrected chi connectivity index (χ3v) is 4.02. The van der Waals surface area contributed by atoms with Crippen molar-refractivity contribution in [2.24, 2.45) is 5.10 Å². The van der Waals surface area contributed by atoms with E-state index in [2.05, 4.69) is 20.9 Å². The number of benzene rings is 1. The zero-order valence-corrected chi connectivity index (χ0v) is 15.2. The molecule has 2 heterocycles. The number of halogens is 1. The molecule has 0 fully saturated rings. The summed E-state index contributed by atoms with van der Waals surface area (Å²) in [6.45, 7) is 4.30. The van der Waals surface area contributed by atoms with Crippen molar-refractivity contribution in [3.05, 3.63) is 71.2 Å². The maximum atomic E-state index is 13.1. The van der Waals surface area contributed by atoms with Gasteiger partial charge >= 0.3 is 0 Å². The number of aryl methyl sites for hydroxylation is 1. The van der Waals surface area contributed by atoms with Gasteiger partial charge in [0.05, 0.1) is 36.1 Å². The smallest absolute Gasteiger partial charge is 0.187 e. The lowest BCUT2D eigenvalue weighted by molar-refractivity contribution is 0.502. The number of thiocarbonyl (C=S) groups is 1. The number of nitrogens with zero attached hydrogens (tertiary/aromatic N) is 3. The van der Waals surface area contributed by atoms with Crippen molar-refractivity contribution in [2.45, 2.75) is 20.4 Å². The highest BCUT2D eigenvalue weighted by Crippen LogP contribution is 2.16. The Hall–Kier alpha value is -3.00. The molecule has 0 saturated carbocycles. The fourth-order valence-corrected chi connectivity index (χ4v) is 2.58. The first-order valence-corrected chi connectivity index (χ1v) is 8.37. The molecule has 0 bridgehead atoms. The molecule has 8 heteroatoms. The van der Waals surface area contributed by atoms with Gasteiger partial charge in [0.25, 0.3) is 0 Å². The number of nitrogens with one attached hydrogen (secondary N) is 2. The lowest BCUT2D eigenvalue weighted by Gasteiger charge is -2.05. The minimum absolute atomic E-state index is 0.281. The van der Waals surface area contributed by atoms with E-state index in [1.165, 1.54) is 12.1 Å². The monoisotopic (exact) mass is 371 g/mol. The molecule has 6 nitrogen and oxygen atoms in total. The molecular formula is C18H18FN5OS. The molecule has 2 aromatic heterocycles. The molecule has 3 rings (SSSR count). The molecular weight excluding hydrogens is 353 g/mol. The fraction of sp³-hybridized carbons (Fsp3) is 0.167. The second kappa shape index (κ2) is 7.92. The molecule has 0 amide bonds. The molecule has 0 saturated heterocycles. The first-order chi connectivity index (χ1) is 12.5. The molecule has 0 unspecified atom stereocenters. The number of hydrogen-bond donors (Lipinski definition) is 2. The maximum absolute atomic E-state index is 13.1. The lowest BCUT2D eigenvalue weighted by atomic mass is 10.2. The van der Waals surface area contributed by atoms with E-state index in [1.54, 1.807) is 29.3 Å². The average molecular weight is 371 g/mol. The summed E-state index contributed by atoms with van der Waals surface area (Å²) < 4.78 is 20.1. The van der Waals surface area contributed by atoms with Crippen molar-refractivity contribution in [1.82, 2.24) is 20.5 Å². The Morgan fingerprint density at radius 2 is 2.08 bits per heavy atom. The molecule has 2 N–H and O–H groups in total. The Bertz CT molecular complexity index is 916. The molecule has 0 radical (unpaired) electrons. The zero-order chi connectivity index (χ0) is 18.5. The van der Waals surface area contributed by atoms with E-state index >= 15 is 0 Å². The minimum atomic E-state index is -0.281. The Labute approximate surface area is 155 Å². The highest BCUT2D eigenvalue weighted by Gasteiger charge is 2.11. The standard InChI is InChI=1S/C18H18FN5OS/c1-12-17(11-21-22-18(26)20-10-16-4-3-9-25-16)13(2)24(23-12)15-7-5-14(19)6-8-15/h3-9,11H,10H2,1-2H3,(H2,20,22,26)/b21-11-. The van der Waals surface area contributed by atoms with Gasteiger partial charge in [0, 0.05) is 5.56 Å². The van der Waals surface area contributed by atoms with Crippen LogP contribution in [0, 0.1) is 19.7 Å². The van der Waals surface area contributed by atoms with Crippen molar-refractivity contribution < 1.29 is 8.81 Å². The molecule has 134 valence electrons. The Morgan fingerprint density at radius 3 is 2.77 bits per heavy atom. The van der Waals surface area contributed by atoms with Crippen molar-refractivity contribution in [3.63, 3.8) is 0 Å². The summed E-state index contributed by atoms with van der Waals surface area (Å²) in [4.78, 5) is 0. The lowest BCUT2D eigenvalue weighted by Crippen LogP contribution is -2.31. The van der Waals surface area contributed by atoms with Crippen LogP contribution in [0.15, 0.2) is 52.2 Å². The van der Waals surface area contributed by atoms with E-state index in [0.717, 1.165) is 28.4 Å². The van der Waals surface area contributed by atoms with E-state index in [-0.39, 0.29) is 5.82 Å². The van der Waals surface area contributed by atoms with Crippen molar-refractivity contribution in [3.8, 4) is 5.69 Å². The molecule has 0 aliphatic heterocycles. The number of rotatable bonds is 5. The van der Waals surface area contributed by atoms with Gasteiger partial charge in [-0.05, 0) is 62.5 Å². The van der Waals surface area contributed by atoms with Crippen LogP contribution in [0.4, 0.5) is 4.39 Å². The number of aromatic nitrogens is 2. The van der Waals surface area contributed by atoms with E-state index < -0.39 is 0 Å². The molecule has 1 aromatic carbocycles. The van der Waals surface area contributed by atoms with Gasteiger partial charge in [0.1, 0.15) is 11.6 Å². The second-order valence-corrected chi connectivity index (χ2v) is 6.01. The van der Waals surface area contributed by atoms with Crippen LogP contribution in [-0.4, -0.2) is 21.1 Å². The van der Waals surface area contributed by atoms with Crippen LogP contribution >= 0.6 is 12.2 Å². The maximum Gasteiger partial charge on any atom is 0.187 e. The molecule has 0 aliphatic carbocycles. The van der Waals surface area contributed by atoms with E-state index in [4.69, 9.17) is 16.6 Å². The SMILES string of the molecule is Cc1nn(-c2ccc(F)cc2)c(C)c1/C=N\NC(=S)NCc1ccco1. The summed E-state index contributed by atoms with van der Waals surface area (Å²) >= 11 is 5.17.